The summed E-state index contributed by atoms with van der Waals surface area (Å²) in [7, 11) is 4.08. The standard InChI is InChI=1S/C13H21ClN2O/c1-4-17-13-6-5-10(9-11(13)14)12(15)7-8-16(2)3/h5-6,9,12H,4,7-8,15H2,1-3H3. The van der Waals surface area contributed by atoms with Gasteiger partial charge in [0.2, 0.25) is 0 Å². The van der Waals surface area contributed by atoms with Gasteiger partial charge in [0, 0.05) is 6.04 Å². The summed E-state index contributed by atoms with van der Waals surface area (Å²) in [6.45, 7) is 3.52. The molecule has 0 saturated carbocycles. The Bertz CT molecular complexity index is 355. The number of nitrogens with zero attached hydrogens (tertiary/aromatic N) is 1. The molecule has 17 heavy (non-hydrogen) atoms. The number of halogens is 1. The number of rotatable bonds is 6. The van der Waals surface area contributed by atoms with Gasteiger partial charge in [-0.2, -0.15) is 0 Å². The Morgan fingerprint density at radius 1 is 1.41 bits per heavy atom. The van der Waals surface area contributed by atoms with Crippen molar-refractivity contribution < 1.29 is 4.74 Å². The summed E-state index contributed by atoms with van der Waals surface area (Å²) in [5.41, 5.74) is 7.17. The first-order chi connectivity index (χ1) is 8.04. The first kappa shape index (κ1) is 14.3. The molecule has 1 aromatic rings. The first-order valence-corrected chi connectivity index (χ1v) is 6.25. The van der Waals surface area contributed by atoms with Crippen molar-refractivity contribution in [2.75, 3.05) is 27.2 Å². The van der Waals surface area contributed by atoms with Crippen LogP contribution in [0.1, 0.15) is 24.9 Å². The summed E-state index contributed by atoms with van der Waals surface area (Å²) >= 11 is 6.12. The molecule has 3 nitrogen and oxygen atoms in total. The highest BCUT2D eigenvalue weighted by molar-refractivity contribution is 6.32. The van der Waals surface area contributed by atoms with E-state index in [4.69, 9.17) is 22.1 Å². The lowest BCUT2D eigenvalue weighted by atomic mass is 10.0. The molecule has 1 rings (SSSR count). The molecule has 0 heterocycles. The van der Waals surface area contributed by atoms with E-state index < -0.39 is 0 Å². The van der Waals surface area contributed by atoms with Crippen LogP contribution in [0.15, 0.2) is 18.2 Å². The molecule has 0 amide bonds. The summed E-state index contributed by atoms with van der Waals surface area (Å²) < 4.78 is 5.39. The van der Waals surface area contributed by atoms with Crippen molar-refractivity contribution in [1.29, 1.82) is 0 Å². The van der Waals surface area contributed by atoms with Crippen LogP contribution in [0.25, 0.3) is 0 Å². The van der Waals surface area contributed by atoms with Crippen LogP contribution < -0.4 is 10.5 Å². The van der Waals surface area contributed by atoms with Crippen LogP contribution in [-0.2, 0) is 0 Å². The van der Waals surface area contributed by atoms with E-state index in [-0.39, 0.29) is 6.04 Å². The fourth-order valence-electron chi connectivity index (χ4n) is 1.58. The van der Waals surface area contributed by atoms with Crippen molar-refractivity contribution in [2.24, 2.45) is 5.73 Å². The monoisotopic (exact) mass is 256 g/mol. The first-order valence-electron chi connectivity index (χ1n) is 5.87. The van der Waals surface area contributed by atoms with Gasteiger partial charge in [-0.3, -0.25) is 0 Å². The van der Waals surface area contributed by atoms with E-state index in [1.54, 1.807) is 0 Å². The number of benzene rings is 1. The van der Waals surface area contributed by atoms with Crippen molar-refractivity contribution in [1.82, 2.24) is 4.90 Å². The van der Waals surface area contributed by atoms with E-state index in [1.165, 1.54) is 0 Å². The molecule has 0 radical (unpaired) electrons. The van der Waals surface area contributed by atoms with Gasteiger partial charge >= 0.3 is 0 Å². The molecule has 0 aliphatic rings. The molecule has 0 fully saturated rings. The Hall–Kier alpha value is -0.770. The molecule has 4 heteroatoms. The third-order valence-corrected chi connectivity index (χ3v) is 2.87. The van der Waals surface area contributed by atoms with E-state index >= 15 is 0 Å². The summed E-state index contributed by atoms with van der Waals surface area (Å²) in [6, 6.07) is 5.78. The molecule has 0 bridgehead atoms. The Labute approximate surface area is 109 Å². The van der Waals surface area contributed by atoms with Crippen LogP contribution in [0.3, 0.4) is 0 Å². The summed E-state index contributed by atoms with van der Waals surface area (Å²) in [4.78, 5) is 2.12. The zero-order valence-electron chi connectivity index (χ0n) is 10.7. The maximum absolute atomic E-state index is 6.12. The van der Waals surface area contributed by atoms with Gasteiger partial charge in [0.1, 0.15) is 5.75 Å². The molecule has 1 atom stereocenters. The average Bonchev–Trinajstić information content (AvgIpc) is 2.28. The maximum Gasteiger partial charge on any atom is 0.137 e. The number of ether oxygens (including phenoxy) is 1. The molecule has 0 aliphatic carbocycles. The summed E-state index contributed by atoms with van der Waals surface area (Å²) in [6.07, 6.45) is 0.914. The van der Waals surface area contributed by atoms with E-state index in [1.807, 2.05) is 39.2 Å². The quantitative estimate of drug-likeness (QED) is 0.851. The predicted molar refractivity (Wildman–Crippen MR) is 72.7 cm³/mol. The van der Waals surface area contributed by atoms with Gasteiger partial charge in [0.15, 0.2) is 0 Å². The van der Waals surface area contributed by atoms with Gasteiger partial charge in [0.05, 0.1) is 11.6 Å². The van der Waals surface area contributed by atoms with Gasteiger partial charge < -0.3 is 15.4 Å². The minimum Gasteiger partial charge on any atom is -0.492 e. The molecule has 1 aromatic carbocycles. The van der Waals surface area contributed by atoms with Crippen LogP contribution in [0.2, 0.25) is 5.02 Å². The SMILES string of the molecule is CCOc1ccc(C(N)CCN(C)C)cc1Cl. The Morgan fingerprint density at radius 3 is 2.65 bits per heavy atom. The van der Waals surface area contributed by atoms with E-state index in [9.17, 15) is 0 Å². The minimum atomic E-state index is 0.0191. The second-order valence-electron chi connectivity index (χ2n) is 4.32. The van der Waals surface area contributed by atoms with Crippen LogP contribution in [0.5, 0.6) is 5.75 Å². The second-order valence-corrected chi connectivity index (χ2v) is 4.73. The molecule has 96 valence electrons. The van der Waals surface area contributed by atoms with E-state index in [0.717, 1.165) is 24.3 Å². The molecule has 2 N–H and O–H groups in total. The van der Waals surface area contributed by atoms with Crippen LogP contribution >= 0.6 is 11.6 Å². The molecule has 0 aliphatic heterocycles. The smallest absolute Gasteiger partial charge is 0.137 e. The lowest BCUT2D eigenvalue weighted by Gasteiger charge is -2.16. The zero-order chi connectivity index (χ0) is 12.8. The Morgan fingerprint density at radius 2 is 2.12 bits per heavy atom. The highest BCUT2D eigenvalue weighted by Crippen LogP contribution is 2.28. The zero-order valence-corrected chi connectivity index (χ0v) is 11.5. The van der Waals surface area contributed by atoms with Crippen molar-refractivity contribution in [3.05, 3.63) is 28.8 Å². The minimum absolute atomic E-state index is 0.0191. The van der Waals surface area contributed by atoms with E-state index in [0.29, 0.717) is 11.6 Å². The highest BCUT2D eigenvalue weighted by Gasteiger charge is 2.09. The Balaban J connectivity index is 2.68. The van der Waals surface area contributed by atoms with Gasteiger partial charge in [-0.25, -0.2) is 0 Å². The topological polar surface area (TPSA) is 38.5 Å². The van der Waals surface area contributed by atoms with Gasteiger partial charge in [-0.05, 0) is 51.7 Å². The molecule has 1 unspecified atom stereocenters. The van der Waals surface area contributed by atoms with Crippen molar-refractivity contribution in [3.63, 3.8) is 0 Å². The van der Waals surface area contributed by atoms with Crippen molar-refractivity contribution in [3.8, 4) is 5.75 Å². The van der Waals surface area contributed by atoms with Gasteiger partial charge in [-0.1, -0.05) is 17.7 Å². The maximum atomic E-state index is 6.12. The predicted octanol–water partition coefficient (Wildman–Crippen LogP) is 2.69. The van der Waals surface area contributed by atoms with E-state index in [2.05, 4.69) is 4.90 Å². The van der Waals surface area contributed by atoms with Crippen LogP contribution in [-0.4, -0.2) is 32.1 Å². The molecule has 0 spiro atoms. The normalized spacial score (nSPS) is 12.8. The van der Waals surface area contributed by atoms with Crippen LogP contribution in [0.4, 0.5) is 0 Å². The molecule has 0 saturated heterocycles. The largest absolute Gasteiger partial charge is 0.492 e. The van der Waals surface area contributed by atoms with Gasteiger partial charge in [0.25, 0.3) is 0 Å². The second kappa shape index (κ2) is 6.84. The summed E-state index contributed by atoms with van der Waals surface area (Å²) in [5, 5.41) is 0.629. The third-order valence-electron chi connectivity index (χ3n) is 2.57. The fourth-order valence-corrected chi connectivity index (χ4v) is 1.83. The number of nitrogens with two attached hydrogens (primary N) is 1. The molecule has 0 aromatic heterocycles. The van der Waals surface area contributed by atoms with Crippen molar-refractivity contribution in [2.45, 2.75) is 19.4 Å². The average molecular weight is 257 g/mol. The Kier molecular flexibility index (Phi) is 5.75. The highest BCUT2D eigenvalue weighted by atomic mass is 35.5. The number of hydrogen-bond acceptors (Lipinski definition) is 3. The lowest BCUT2D eigenvalue weighted by Crippen LogP contribution is -2.20. The lowest BCUT2D eigenvalue weighted by molar-refractivity contribution is 0.340. The third kappa shape index (κ3) is 4.54. The van der Waals surface area contributed by atoms with Crippen LogP contribution in [0, 0.1) is 0 Å². The fraction of sp³-hybridized carbons (Fsp3) is 0.538. The number of hydrogen-bond donors (Lipinski definition) is 1. The summed E-state index contributed by atoms with van der Waals surface area (Å²) in [5.74, 6) is 0.720. The molecular formula is C13H21ClN2O. The van der Waals surface area contributed by atoms with Crippen molar-refractivity contribution >= 4 is 11.6 Å². The van der Waals surface area contributed by atoms with Gasteiger partial charge in [-0.15, -0.1) is 0 Å². The molecular weight excluding hydrogens is 236 g/mol.